The summed E-state index contributed by atoms with van der Waals surface area (Å²) in [6.45, 7) is 2.46. The Morgan fingerprint density at radius 2 is 2.11 bits per heavy atom. The summed E-state index contributed by atoms with van der Waals surface area (Å²) >= 11 is 0. The van der Waals surface area contributed by atoms with Crippen molar-refractivity contribution in [3.05, 3.63) is 28.7 Å². The van der Waals surface area contributed by atoms with E-state index >= 15 is 0 Å². The molecule has 0 fully saturated rings. The molecule has 2 N–H and O–H groups in total. The third-order valence-electron chi connectivity index (χ3n) is 2.78. The van der Waals surface area contributed by atoms with Gasteiger partial charge in [0, 0.05) is 12.6 Å². The van der Waals surface area contributed by atoms with E-state index < -0.39 is 15.8 Å². The lowest BCUT2D eigenvalue weighted by Crippen LogP contribution is -2.24. The number of hydrogen-bond donors (Lipinski definition) is 2. The fourth-order valence-electron chi connectivity index (χ4n) is 1.76. The monoisotopic (exact) mass is 284 g/mol. The molecule has 0 amide bonds. The standard InChI is InChI=1S/C12H16N2O4S/c1-2-3-4-7-13-19(16,17)9-5-6-10-11(8-9)18-12(15)14-10/h5-6,8,13H,2-4,7H2,1H3,(H,14,15). The van der Waals surface area contributed by atoms with Gasteiger partial charge in [-0.25, -0.2) is 17.9 Å². The second-order valence-corrected chi connectivity index (χ2v) is 6.04. The molecule has 104 valence electrons. The number of fused-ring (bicyclic) bond motifs is 1. The zero-order valence-corrected chi connectivity index (χ0v) is 11.4. The lowest BCUT2D eigenvalue weighted by atomic mass is 10.3. The molecule has 1 heterocycles. The van der Waals surface area contributed by atoms with Gasteiger partial charge in [0.15, 0.2) is 5.58 Å². The highest BCUT2D eigenvalue weighted by Crippen LogP contribution is 2.16. The number of aromatic nitrogens is 1. The van der Waals surface area contributed by atoms with Crippen LogP contribution < -0.4 is 10.5 Å². The lowest BCUT2D eigenvalue weighted by Gasteiger charge is -2.05. The molecule has 1 aromatic heterocycles. The molecule has 0 atom stereocenters. The molecule has 19 heavy (non-hydrogen) atoms. The molecule has 0 radical (unpaired) electrons. The van der Waals surface area contributed by atoms with Crippen molar-refractivity contribution in [2.45, 2.75) is 31.1 Å². The third-order valence-corrected chi connectivity index (χ3v) is 4.23. The zero-order valence-electron chi connectivity index (χ0n) is 10.6. The Kier molecular flexibility index (Phi) is 4.06. The molecule has 0 unspecified atom stereocenters. The fraction of sp³-hybridized carbons (Fsp3) is 0.417. The molecular weight excluding hydrogens is 268 g/mol. The molecule has 0 saturated carbocycles. The van der Waals surface area contributed by atoms with Gasteiger partial charge in [0.1, 0.15) is 0 Å². The fourth-order valence-corrected chi connectivity index (χ4v) is 2.85. The van der Waals surface area contributed by atoms with Crippen LogP contribution in [0.2, 0.25) is 0 Å². The molecule has 6 nitrogen and oxygen atoms in total. The van der Waals surface area contributed by atoms with Crippen LogP contribution in [0.25, 0.3) is 11.1 Å². The molecule has 1 aromatic carbocycles. The van der Waals surface area contributed by atoms with Crippen LogP contribution in [0.15, 0.2) is 32.3 Å². The van der Waals surface area contributed by atoms with Crippen LogP contribution in [0.3, 0.4) is 0 Å². The van der Waals surface area contributed by atoms with Gasteiger partial charge in [0.2, 0.25) is 10.0 Å². The van der Waals surface area contributed by atoms with E-state index in [0.717, 1.165) is 19.3 Å². The van der Waals surface area contributed by atoms with Crippen molar-refractivity contribution >= 4 is 21.1 Å². The van der Waals surface area contributed by atoms with Gasteiger partial charge in [-0.1, -0.05) is 19.8 Å². The number of oxazole rings is 1. The van der Waals surface area contributed by atoms with Gasteiger partial charge in [-0.05, 0) is 18.6 Å². The zero-order chi connectivity index (χ0) is 13.9. The summed E-state index contributed by atoms with van der Waals surface area (Å²) < 4.78 is 31.4. The predicted octanol–water partition coefficient (Wildman–Crippen LogP) is 1.59. The van der Waals surface area contributed by atoms with Crippen molar-refractivity contribution in [1.82, 2.24) is 9.71 Å². The normalized spacial score (nSPS) is 12.1. The number of hydrogen-bond acceptors (Lipinski definition) is 4. The minimum absolute atomic E-state index is 0.0965. The number of rotatable bonds is 6. The van der Waals surface area contributed by atoms with Crippen LogP contribution in [0.5, 0.6) is 0 Å². The number of unbranched alkanes of at least 4 members (excludes halogenated alkanes) is 2. The first-order valence-electron chi connectivity index (χ1n) is 6.15. The van der Waals surface area contributed by atoms with Crippen LogP contribution in [-0.4, -0.2) is 19.9 Å². The van der Waals surface area contributed by atoms with Crippen LogP contribution in [0.1, 0.15) is 26.2 Å². The summed E-state index contributed by atoms with van der Waals surface area (Å²) in [6, 6.07) is 4.30. The molecule has 7 heteroatoms. The number of sulfonamides is 1. The van der Waals surface area contributed by atoms with Crippen LogP contribution >= 0.6 is 0 Å². The topological polar surface area (TPSA) is 92.2 Å². The molecule has 0 spiro atoms. The SMILES string of the molecule is CCCCCNS(=O)(=O)c1ccc2[nH]c(=O)oc2c1. The molecule has 0 bridgehead atoms. The molecule has 2 aromatic rings. The van der Waals surface area contributed by atoms with E-state index in [-0.39, 0.29) is 10.5 Å². The third kappa shape index (κ3) is 3.24. The average Bonchev–Trinajstić information content (AvgIpc) is 2.73. The summed E-state index contributed by atoms with van der Waals surface area (Å²) in [5, 5.41) is 0. The highest BCUT2D eigenvalue weighted by Gasteiger charge is 2.15. The highest BCUT2D eigenvalue weighted by atomic mass is 32.2. The quantitative estimate of drug-likeness (QED) is 0.788. The van der Waals surface area contributed by atoms with Gasteiger partial charge >= 0.3 is 5.76 Å². The highest BCUT2D eigenvalue weighted by molar-refractivity contribution is 7.89. The number of benzene rings is 1. The maximum atomic E-state index is 12.0. The first kappa shape index (κ1) is 13.8. The summed E-state index contributed by atoms with van der Waals surface area (Å²) in [7, 11) is -3.55. The van der Waals surface area contributed by atoms with Crippen LogP contribution in [0.4, 0.5) is 0 Å². The average molecular weight is 284 g/mol. The summed E-state index contributed by atoms with van der Waals surface area (Å²) in [4.78, 5) is 13.6. The second-order valence-electron chi connectivity index (χ2n) is 4.28. The first-order valence-corrected chi connectivity index (χ1v) is 7.64. The lowest BCUT2D eigenvalue weighted by molar-refractivity contribution is 0.553. The predicted molar refractivity (Wildman–Crippen MR) is 71.5 cm³/mol. The van der Waals surface area contributed by atoms with E-state index in [2.05, 4.69) is 16.6 Å². The Bertz CT molecular complexity index is 715. The maximum Gasteiger partial charge on any atom is 0.417 e. The number of H-pyrrole nitrogens is 1. The van der Waals surface area contributed by atoms with Crippen molar-refractivity contribution in [1.29, 1.82) is 0 Å². The Morgan fingerprint density at radius 3 is 2.84 bits per heavy atom. The van der Waals surface area contributed by atoms with Gasteiger partial charge in [-0.2, -0.15) is 0 Å². The molecular formula is C12H16N2O4S. The Balaban J connectivity index is 2.20. The number of aromatic amines is 1. The van der Waals surface area contributed by atoms with E-state index in [1.54, 1.807) is 0 Å². The van der Waals surface area contributed by atoms with Gasteiger partial charge < -0.3 is 4.42 Å². The van der Waals surface area contributed by atoms with Crippen LogP contribution in [0, 0.1) is 0 Å². The summed E-state index contributed by atoms with van der Waals surface area (Å²) in [6.07, 6.45) is 2.81. The van der Waals surface area contributed by atoms with E-state index in [4.69, 9.17) is 4.42 Å². The molecule has 2 rings (SSSR count). The second kappa shape index (κ2) is 5.58. The molecule has 0 aliphatic rings. The molecule has 0 saturated heterocycles. The van der Waals surface area contributed by atoms with E-state index in [9.17, 15) is 13.2 Å². The Morgan fingerprint density at radius 1 is 1.32 bits per heavy atom. The smallest absolute Gasteiger partial charge is 0.408 e. The van der Waals surface area contributed by atoms with Crippen LogP contribution in [-0.2, 0) is 10.0 Å². The number of nitrogens with one attached hydrogen (secondary N) is 2. The largest absolute Gasteiger partial charge is 0.417 e. The van der Waals surface area contributed by atoms with E-state index in [0.29, 0.717) is 12.1 Å². The van der Waals surface area contributed by atoms with Crippen molar-refractivity contribution in [3.63, 3.8) is 0 Å². The summed E-state index contributed by atoms with van der Waals surface area (Å²) in [5.74, 6) is -0.597. The van der Waals surface area contributed by atoms with Gasteiger partial charge in [-0.15, -0.1) is 0 Å². The minimum Gasteiger partial charge on any atom is -0.408 e. The molecule has 0 aliphatic heterocycles. The van der Waals surface area contributed by atoms with E-state index in [1.165, 1.54) is 18.2 Å². The van der Waals surface area contributed by atoms with Crippen molar-refractivity contribution in [2.24, 2.45) is 0 Å². The Labute approximate surface area is 110 Å². The maximum absolute atomic E-state index is 12.0. The van der Waals surface area contributed by atoms with E-state index in [1.807, 2.05) is 0 Å². The van der Waals surface area contributed by atoms with Gasteiger partial charge in [0.25, 0.3) is 0 Å². The van der Waals surface area contributed by atoms with Gasteiger partial charge in [0.05, 0.1) is 10.4 Å². The minimum atomic E-state index is -3.55. The summed E-state index contributed by atoms with van der Waals surface area (Å²) in [5.41, 5.74) is 0.719. The van der Waals surface area contributed by atoms with Gasteiger partial charge in [-0.3, -0.25) is 4.98 Å². The van der Waals surface area contributed by atoms with Crippen molar-refractivity contribution in [3.8, 4) is 0 Å². The van der Waals surface area contributed by atoms with Crippen molar-refractivity contribution < 1.29 is 12.8 Å². The Hall–Kier alpha value is -1.60. The molecule has 0 aliphatic carbocycles. The first-order chi connectivity index (χ1) is 9.03. The van der Waals surface area contributed by atoms with Crippen molar-refractivity contribution in [2.75, 3.05) is 6.54 Å².